The van der Waals surface area contributed by atoms with E-state index in [0.29, 0.717) is 18.7 Å². The number of rotatable bonds is 5. The van der Waals surface area contributed by atoms with E-state index in [2.05, 4.69) is 15.3 Å². The number of carbonyl (C=O) groups is 1. The molecule has 0 spiro atoms. The molecule has 3 rings (SSSR count). The molecule has 3 aromatic rings. The molecule has 1 aromatic carbocycles. The van der Waals surface area contributed by atoms with Crippen molar-refractivity contribution in [2.45, 2.75) is 13.1 Å². The second-order valence-electron chi connectivity index (χ2n) is 5.00. The first-order chi connectivity index (χ1) is 11.3. The summed E-state index contributed by atoms with van der Waals surface area (Å²) in [5.41, 5.74) is 8.51. The minimum atomic E-state index is -0.158. The maximum atomic E-state index is 12.5. The lowest BCUT2D eigenvalue weighted by atomic mass is 10.1. The largest absolute Gasteiger partial charge is 0.346 e. The van der Waals surface area contributed by atoms with Crippen molar-refractivity contribution >= 4 is 5.91 Å². The molecule has 0 bridgehead atoms. The molecule has 6 heteroatoms. The van der Waals surface area contributed by atoms with Gasteiger partial charge in [-0.3, -0.25) is 9.78 Å². The number of imidazole rings is 1. The van der Waals surface area contributed by atoms with Crippen LogP contribution in [-0.4, -0.2) is 20.4 Å². The van der Waals surface area contributed by atoms with Crippen molar-refractivity contribution in [3.05, 3.63) is 78.1 Å². The molecule has 0 aliphatic rings. The molecular weight excluding hydrogens is 290 g/mol. The van der Waals surface area contributed by atoms with Gasteiger partial charge in [-0.05, 0) is 24.3 Å². The van der Waals surface area contributed by atoms with Crippen molar-refractivity contribution in [2.75, 3.05) is 0 Å². The van der Waals surface area contributed by atoms with Crippen LogP contribution in [0, 0.1) is 0 Å². The van der Waals surface area contributed by atoms with E-state index in [1.54, 1.807) is 23.2 Å². The second-order valence-corrected chi connectivity index (χ2v) is 5.00. The molecule has 0 saturated carbocycles. The molecule has 0 radical (unpaired) electrons. The van der Waals surface area contributed by atoms with E-state index in [-0.39, 0.29) is 5.91 Å². The Morgan fingerprint density at radius 3 is 2.65 bits per heavy atom. The molecule has 0 saturated heterocycles. The average Bonchev–Trinajstić information content (AvgIpc) is 3.09. The summed E-state index contributed by atoms with van der Waals surface area (Å²) in [6.45, 7) is 0.743. The minimum absolute atomic E-state index is 0.158. The molecule has 0 fully saturated rings. The van der Waals surface area contributed by atoms with Crippen molar-refractivity contribution in [3.8, 4) is 5.69 Å². The highest BCUT2D eigenvalue weighted by molar-refractivity contribution is 5.97. The Hall–Kier alpha value is -2.99. The Morgan fingerprint density at radius 1 is 1.09 bits per heavy atom. The Morgan fingerprint density at radius 2 is 1.91 bits per heavy atom. The zero-order chi connectivity index (χ0) is 16.1. The van der Waals surface area contributed by atoms with Gasteiger partial charge in [0, 0.05) is 18.9 Å². The van der Waals surface area contributed by atoms with Gasteiger partial charge in [0.25, 0.3) is 5.91 Å². The summed E-state index contributed by atoms with van der Waals surface area (Å²) >= 11 is 0. The summed E-state index contributed by atoms with van der Waals surface area (Å²) in [5.74, 6) is -0.158. The minimum Gasteiger partial charge on any atom is -0.346 e. The number of carbonyl (C=O) groups excluding carboxylic acids is 1. The molecular formula is C17H17N5O. The maximum Gasteiger partial charge on any atom is 0.253 e. The molecule has 23 heavy (non-hydrogen) atoms. The van der Waals surface area contributed by atoms with Crippen LogP contribution in [0.5, 0.6) is 0 Å². The predicted octanol–water partition coefficient (Wildman–Crippen LogP) is 1.66. The summed E-state index contributed by atoms with van der Waals surface area (Å²) in [6, 6.07) is 13.0. The zero-order valence-corrected chi connectivity index (χ0v) is 12.5. The van der Waals surface area contributed by atoms with Gasteiger partial charge in [0.15, 0.2) is 0 Å². The number of nitrogens with one attached hydrogen (secondary N) is 1. The van der Waals surface area contributed by atoms with Crippen molar-refractivity contribution in [2.24, 2.45) is 5.73 Å². The van der Waals surface area contributed by atoms with E-state index in [0.717, 1.165) is 17.1 Å². The van der Waals surface area contributed by atoms with E-state index < -0.39 is 0 Å². The van der Waals surface area contributed by atoms with Crippen LogP contribution in [0.4, 0.5) is 0 Å². The number of pyridine rings is 1. The second kappa shape index (κ2) is 6.85. The molecule has 116 valence electrons. The van der Waals surface area contributed by atoms with E-state index in [9.17, 15) is 4.79 Å². The van der Waals surface area contributed by atoms with E-state index >= 15 is 0 Å². The summed E-state index contributed by atoms with van der Waals surface area (Å²) in [7, 11) is 0. The number of hydrogen-bond donors (Lipinski definition) is 2. The van der Waals surface area contributed by atoms with Crippen molar-refractivity contribution in [1.29, 1.82) is 0 Å². The summed E-state index contributed by atoms with van der Waals surface area (Å²) < 4.78 is 1.80. The fraction of sp³-hybridized carbons (Fsp3) is 0.118. The van der Waals surface area contributed by atoms with Crippen LogP contribution >= 0.6 is 0 Å². The van der Waals surface area contributed by atoms with Gasteiger partial charge >= 0.3 is 0 Å². The molecule has 2 aromatic heterocycles. The normalized spacial score (nSPS) is 10.5. The molecule has 6 nitrogen and oxygen atoms in total. The molecule has 0 aliphatic heterocycles. The Bertz CT molecular complexity index is 798. The first-order valence-corrected chi connectivity index (χ1v) is 7.28. The SMILES string of the molecule is NCc1cn(-c2ccccc2C(=O)NCc2ccccn2)cn1. The van der Waals surface area contributed by atoms with Gasteiger partial charge in [-0.15, -0.1) is 0 Å². The highest BCUT2D eigenvalue weighted by Crippen LogP contribution is 2.15. The molecule has 0 unspecified atom stereocenters. The van der Waals surface area contributed by atoms with E-state index in [4.69, 9.17) is 5.73 Å². The van der Waals surface area contributed by atoms with Crippen LogP contribution in [0.2, 0.25) is 0 Å². The third-order valence-electron chi connectivity index (χ3n) is 3.43. The Labute approximate surface area is 134 Å². The Kier molecular flexibility index (Phi) is 4.44. The summed E-state index contributed by atoms with van der Waals surface area (Å²) in [6.07, 6.45) is 5.19. The van der Waals surface area contributed by atoms with Crippen LogP contribution in [-0.2, 0) is 13.1 Å². The smallest absolute Gasteiger partial charge is 0.253 e. The van der Waals surface area contributed by atoms with Crippen LogP contribution in [0.3, 0.4) is 0 Å². The predicted molar refractivity (Wildman–Crippen MR) is 86.9 cm³/mol. The third kappa shape index (κ3) is 3.44. The van der Waals surface area contributed by atoms with Gasteiger partial charge in [-0.1, -0.05) is 18.2 Å². The monoisotopic (exact) mass is 307 g/mol. The molecule has 0 aliphatic carbocycles. The highest BCUT2D eigenvalue weighted by atomic mass is 16.1. The number of amides is 1. The number of aromatic nitrogens is 3. The van der Waals surface area contributed by atoms with Gasteiger partial charge in [-0.25, -0.2) is 4.98 Å². The Balaban J connectivity index is 1.80. The lowest BCUT2D eigenvalue weighted by Gasteiger charge is -2.10. The fourth-order valence-electron chi connectivity index (χ4n) is 2.26. The van der Waals surface area contributed by atoms with Gasteiger partial charge in [0.1, 0.15) is 0 Å². The van der Waals surface area contributed by atoms with Crippen LogP contribution < -0.4 is 11.1 Å². The average molecular weight is 307 g/mol. The first kappa shape index (κ1) is 14.9. The fourth-order valence-corrected chi connectivity index (χ4v) is 2.26. The first-order valence-electron chi connectivity index (χ1n) is 7.28. The molecule has 2 heterocycles. The summed E-state index contributed by atoms with van der Waals surface area (Å²) in [5, 5.41) is 2.89. The number of benzene rings is 1. The van der Waals surface area contributed by atoms with Crippen molar-refractivity contribution in [3.63, 3.8) is 0 Å². The van der Waals surface area contributed by atoms with E-state index in [1.807, 2.05) is 42.6 Å². The number of nitrogens with two attached hydrogens (primary N) is 1. The standard InChI is InChI=1S/C17H17N5O/c18-9-14-11-22(12-21-14)16-7-2-1-6-15(16)17(23)20-10-13-5-3-4-8-19-13/h1-8,11-12H,9-10,18H2,(H,20,23). The molecule has 1 amide bonds. The number of nitrogens with zero attached hydrogens (tertiary/aromatic N) is 3. The zero-order valence-electron chi connectivity index (χ0n) is 12.5. The van der Waals surface area contributed by atoms with Crippen LogP contribution in [0.15, 0.2) is 61.2 Å². The van der Waals surface area contributed by atoms with Gasteiger partial charge in [0.2, 0.25) is 0 Å². The maximum absolute atomic E-state index is 12.5. The molecule has 3 N–H and O–H groups in total. The van der Waals surface area contributed by atoms with Crippen LogP contribution in [0.1, 0.15) is 21.7 Å². The number of hydrogen-bond acceptors (Lipinski definition) is 4. The lowest BCUT2D eigenvalue weighted by molar-refractivity contribution is 0.0950. The topological polar surface area (TPSA) is 85.8 Å². The summed E-state index contributed by atoms with van der Waals surface area (Å²) in [4.78, 5) is 20.9. The number of para-hydroxylation sites is 1. The lowest BCUT2D eigenvalue weighted by Crippen LogP contribution is -2.24. The van der Waals surface area contributed by atoms with Crippen molar-refractivity contribution in [1.82, 2.24) is 19.9 Å². The third-order valence-corrected chi connectivity index (χ3v) is 3.43. The van der Waals surface area contributed by atoms with E-state index in [1.165, 1.54) is 0 Å². The molecule has 0 atom stereocenters. The van der Waals surface area contributed by atoms with Gasteiger partial charge < -0.3 is 15.6 Å². The highest BCUT2D eigenvalue weighted by Gasteiger charge is 2.12. The van der Waals surface area contributed by atoms with Crippen molar-refractivity contribution < 1.29 is 4.79 Å². The quantitative estimate of drug-likeness (QED) is 0.750. The van der Waals surface area contributed by atoms with Gasteiger partial charge in [0.05, 0.1) is 35.5 Å². The van der Waals surface area contributed by atoms with Gasteiger partial charge in [-0.2, -0.15) is 0 Å². The van der Waals surface area contributed by atoms with Crippen LogP contribution in [0.25, 0.3) is 5.69 Å².